The van der Waals surface area contributed by atoms with E-state index in [4.69, 9.17) is 21.1 Å². The molecular formula is C27H33ClN2O6. The summed E-state index contributed by atoms with van der Waals surface area (Å²) in [6.07, 6.45) is -1.97. The molecule has 0 heterocycles. The van der Waals surface area contributed by atoms with Crippen LogP contribution < -0.4 is 15.4 Å². The van der Waals surface area contributed by atoms with Gasteiger partial charge in [-0.05, 0) is 50.1 Å². The van der Waals surface area contributed by atoms with E-state index >= 15 is 0 Å². The number of carbonyl (C=O) groups is 4. The average Bonchev–Trinajstić information content (AvgIpc) is 2.77. The van der Waals surface area contributed by atoms with Crippen molar-refractivity contribution in [2.75, 3.05) is 10.6 Å². The SMILES string of the molecule is CCC(Oc1ccc(C)cc1C)C(=O)Nc1ccc(Cl)c(NC(=O)C(OC(C)=O)C(=O)C(C)(C)C)c1. The van der Waals surface area contributed by atoms with Crippen molar-refractivity contribution in [1.82, 2.24) is 0 Å². The summed E-state index contributed by atoms with van der Waals surface area (Å²) in [7, 11) is 0. The molecule has 0 aromatic heterocycles. The minimum absolute atomic E-state index is 0.140. The summed E-state index contributed by atoms with van der Waals surface area (Å²) >= 11 is 6.24. The van der Waals surface area contributed by atoms with E-state index in [1.54, 1.807) is 26.8 Å². The number of esters is 1. The van der Waals surface area contributed by atoms with Crippen LogP contribution in [0.2, 0.25) is 5.02 Å². The van der Waals surface area contributed by atoms with Gasteiger partial charge in [0.15, 0.2) is 11.9 Å². The minimum Gasteiger partial charge on any atom is -0.480 e. The number of Topliss-reactive ketones (excluding diaryl/α,β-unsaturated/α-hetero) is 1. The first-order chi connectivity index (χ1) is 16.7. The minimum atomic E-state index is -1.65. The first kappa shape index (κ1) is 28.8. The number of halogens is 1. The summed E-state index contributed by atoms with van der Waals surface area (Å²) < 4.78 is 10.9. The molecule has 0 saturated carbocycles. The fourth-order valence-corrected chi connectivity index (χ4v) is 3.48. The zero-order valence-electron chi connectivity index (χ0n) is 21.7. The molecule has 2 N–H and O–H groups in total. The molecule has 0 fully saturated rings. The predicted octanol–water partition coefficient (Wildman–Crippen LogP) is 5.24. The first-order valence-electron chi connectivity index (χ1n) is 11.6. The maximum atomic E-state index is 12.9. The van der Waals surface area contributed by atoms with Crippen molar-refractivity contribution in [2.24, 2.45) is 5.41 Å². The lowest BCUT2D eigenvalue weighted by Gasteiger charge is -2.24. The van der Waals surface area contributed by atoms with Gasteiger partial charge in [-0.25, -0.2) is 0 Å². The van der Waals surface area contributed by atoms with Gasteiger partial charge in [0.25, 0.3) is 11.8 Å². The van der Waals surface area contributed by atoms with Crippen LogP contribution in [0.3, 0.4) is 0 Å². The Balaban J connectivity index is 2.20. The van der Waals surface area contributed by atoms with Gasteiger partial charge >= 0.3 is 5.97 Å². The molecule has 2 rings (SSSR count). The Kier molecular flexibility index (Phi) is 9.64. The topological polar surface area (TPSA) is 111 Å². The fraction of sp³-hybridized carbons (Fsp3) is 0.407. The van der Waals surface area contributed by atoms with E-state index in [2.05, 4.69) is 10.6 Å². The van der Waals surface area contributed by atoms with Crippen molar-refractivity contribution in [3.63, 3.8) is 0 Å². The zero-order chi connectivity index (χ0) is 27.2. The second-order valence-electron chi connectivity index (χ2n) is 9.56. The average molecular weight is 517 g/mol. The van der Waals surface area contributed by atoms with E-state index in [1.165, 1.54) is 12.1 Å². The van der Waals surface area contributed by atoms with Gasteiger partial charge in [0, 0.05) is 18.0 Å². The van der Waals surface area contributed by atoms with Gasteiger partial charge in [-0.15, -0.1) is 0 Å². The highest BCUT2D eigenvalue weighted by Crippen LogP contribution is 2.28. The molecule has 0 radical (unpaired) electrons. The third-order valence-electron chi connectivity index (χ3n) is 5.25. The van der Waals surface area contributed by atoms with Crippen molar-refractivity contribution < 1.29 is 28.7 Å². The Hall–Kier alpha value is -3.39. The monoisotopic (exact) mass is 516 g/mol. The van der Waals surface area contributed by atoms with Crippen LogP contribution in [0.15, 0.2) is 36.4 Å². The van der Waals surface area contributed by atoms with Crippen molar-refractivity contribution in [3.05, 3.63) is 52.5 Å². The summed E-state index contributed by atoms with van der Waals surface area (Å²) in [4.78, 5) is 50.0. The molecule has 0 bridgehead atoms. The summed E-state index contributed by atoms with van der Waals surface area (Å²) in [5, 5.41) is 5.46. The molecule has 0 saturated heterocycles. The number of rotatable bonds is 9. The van der Waals surface area contributed by atoms with Gasteiger partial charge in [0.05, 0.1) is 10.7 Å². The highest BCUT2D eigenvalue weighted by Gasteiger charge is 2.37. The molecule has 0 aliphatic rings. The summed E-state index contributed by atoms with van der Waals surface area (Å²) in [6.45, 7) is 11.7. The molecule has 0 aliphatic heterocycles. The molecular weight excluding hydrogens is 484 g/mol. The quantitative estimate of drug-likeness (QED) is 0.348. The number of hydrogen-bond acceptors (Lipinski definition) is 6. The Morgan fingerprint density at radius 1 is 0.972 bits per heavy atom. The Labute approximate surface area is 216 Å². The van der Waals surface area contributed by atoms with E-state index in [9.17, 15) is 19.2 Å². The lowest BCUT2D eigenvalue weighted by Crippen LogP contribution is -2.44. The maximum Gasteiger partial charge on any atom is 0.303 e. The van der Waals surface area contributed by atoms with Gasteiger partial charge < -0.3 is 20.1 Å². The second kappa shape index (κ2) is 12.0. The third kappa shape index (κ3) is 7.81. The number of hydrogen-bond donors (Lipinski definition) is 2. The number of aryl methyl sites for hydroxylation is 2. The van der Waals surface area contributed by atoms with Gasteiger partial charge in [-0.2, -0.15) is 0 Å². The number of amides is 2. The number of ether oxygens (including phenoxy) is 2. The van der Waals surface area contributed by atoms with Crippen LogP contribution in [0.4, 0.5) is 11.4 Å². The van der Waals surface area contributed by atoms with Gasteiger partial charge in [0.1, 0.15) is 5.75 Å². The molecule has 194 valence electrons. The van der Waals surface area contributed by atoms with E-state index < -0.39 is 35.3 Å². The smallest absolute Gasteiger partial charge is 0.303 e. The van der Waals surface area contributed by atoms with Crippen molar-refractivity contribution in [3.8, 4) is 5.75 Å². The lowest BCUT2D eigenvalue weighted by atomic mass is 9.87. The molecule has 2 aromatic carbocycles. The van der Waals surface area contributed by atoms with Gasteiger partial charge in [-0.3, -0.25) is 19.2 Å². The summed E-state index contributed by atoms with van der Waals surface area (Å²) in [5.74, 6) is -1.94. The number of nitrogens with one attached hydrogen (secondary N) is 2. The van der Waals surface area contributed by atoms with Crippen LogP contribution in [0.5, 0.6) is 5.75 Å². The van der Waals surface area contributed by atoms with Crippen LogP contribution in [-0.2, 0) is 23.9 Å². The molecule has 9 heteroatoms. The highest BCUT2D eigenvalue weighted by molar-refractivity contribution is 6.34. The van der Waals surface area contributed by atoms with Crippen LogP contribution in [0, 0.1) is 19.3 Å². The van der Waals surface area contributed by atoms with Crippen LogP contribution in [0.1, 0.15) is 52.2 Å². The first-order valence-corrected chi connectivity index (χ1v) is 12.0. The van der Waals surface area contributed by atoms with Crippen molar-refractivity contribution in [2.45, 2.75) is 67.1 Å². The summed E-state index contributed by atoms with van der Waals surface area (Å²) in [5.41, 5.74) is 1.58. The van der Waals surface area contributed by atoms with E-state index in [0.717, 1.165) is 18.1 Å². The molecule has 2 amide bonds. The fourth-order valence-electron chi connectivity index (χ4n) is 3.31. The maximum absolute atomic E-state index is 12.9. The van der Waals surface area contributed by atoms with E-state index in [0.29, 0.717) is 17.9 Å². The molecule has 0 spiro atoms. The van der Waals surface area contributed by atoms with E-state index in [-0.39, 0.29) is 16.6 Å². The van der Waals surface area contributed by atoms with Crippen molar-refractivity contribution in [1.29, 1.82) is 0 Å². The number of carbonyl (C=O) groups excluding carboxylic acids is 4. The standard InChI is InChI=1S/C27H33ClN2O6/c1-8-21(36-22-12-9-15(2)13-16(22)3)25(33)29-18-10-11-19(28)20(14-18)30-26(34)23(35-17(4)31)24(32)27(5,6)7/h9-14,21,23H,8H2,1-7H3,(H,29,33)(H,30,34). The number of anilines is 2. The Morgan fingerprint density at radius 2 is 1.64 bits per heavy atom. The third-order valence-corrected chi connectivity index (χ3v) is 5.58. The molecule has 2 unspecified atom stereocenters. The van der Waals surface area contributed by atoms with Crippen LogP contribution >= 0.6 is 11.6 Å². The predicted molar refractivity (Wildman–Crippen MR) is 139 cm³/mol. The van der Waals surface area contributed by atoms with Gasteiger partial charge in [0.2, 0.25) is 6.10 Å². The second-order valence-corrected chi connectivity index (χ2v) is 9.97. The van der Waals surface area contributed by atoms with Crippen molar-refractivity contribution >= 4 is 46.5 Å². The number of ketones is 1. The zero-order valence-corrected chi connectivity index (χ0v) is 22.4. The lowest BCUT2D eigenvalue weighted by molar-refractivity contribution is -0.160. The normalized spacial score (nSPS) is 12.8. The van der Waals surface area contributed by atoms with E-state index in [1.807, 2.05) is 39.0 Å². The molecule has 0 aliphatic carbocycles. The largest absolute Gasteiger partial charge is 0.480 e. The van der Waals surface area contributed by atoms with Crippen LogP contribution in [0.25, 0.3) is 0 Å². The molecule has 36 heavy (non-hydrogen) atoms. The summed E-state index contributed by atoms with van der Waals surface area (Å²) in [6, 6.07) is 10.2. The molecule has 2 aromatic rings. The Bertz CT molecular complexity index is 1160. The number of benzene rings is 2. The highest BCUT2D eigenvalue weighted by atomic mass is 35.5. The molecule has 2 atom stereocenters. The Morgan fingerprint density at radius 3 is 2.19 bits per heavy atom. The van der Waals surface area contributed by atoms with Crippen LogP contribution in [-0.4, -0.2) is 35.8 Å². The van der Waals surface area contributed by atoms with Gasteiger partial charge in [-0.1, -0.05) is 57.0 Å². The molecule has 8 nitrogen and oxygen atoms in total.